The summed E-state index contributed by atoms with van der Waals surface area (Å²) in [7, 11) is -6.85. The molecule has 14 heavy (non-hydrogen) atoms. The third-order valence-corrected chi connectivity index (χ3v) is 2.38. The summed E-state index contributed by atoms with van der Waals surface area (Å²) < 4.78 is 51.8. The van der Waals surface area contributed by atoms with Crippen LogP contribution in [0.15, 0.2) is 0 Å². The van der Waals surface area contributed by atoms with E-state index < -0.39 is 20.2 Å². The minimum absolute atomic E-state index is 0.132. The highest BCUT2D eigenvalue weighted by Crippen LogP contribution is 1.83. The molecular formula is C6H16O6S2. The predicted octanol–water partition coefficient (Wildman–Crippen LogP) is 0.267. The first-order valence-electron chi connectivity index (χ1n) is 3.92. The molecule has 0 heterocycles. The van der Waals surface area contributed by atoms with Crippen LogP contribution in [-0.4, -0.2) is 40.0 Å². The minimum atomic E-state index is -3.67. The fraction of sp³-hybridized carbons (Fsp3) is 1.00. The Morgan fingerprint density at radius 3 is 1.57 bits per heavy atom. The fourth-order valence-electron chi connectivity index (χ4n) is 0.472. The van der Waals surface area contributed by atoms with Crippen molar-refractivity contribution in [1.82, 2.24) is 0 Å². The zero-order valence-corrected chi connectivity index (χ0v) is 10.1. The molecule has 0 aromatic carbocycles. The summed E-state index contributed by atoms with van der Waals surface area (Å²) in [5, 5.41) is 0. The summed E-state index contributed by atoms with van der Waals surface area (Å²) in [5.74, 6) is -0.132. The molecule has 0 radical (unpaired) electrons. The monoisotopic (exact) mass is 248 g/mol. The van der Waals surface area contributed by atoms with Crippen molar-refractivity contribution in [2.45, 2.75) is 20.3 Å². The van der Waals surface area contributed by atoms with Crippen molar-refractivity contribution < 1.29 is 25.6 Å². The molecule has 8 heteroatoms. The van der Waals surface area contributed by atoms with Gasteiger partial charge in [0.25, 0.3) is 20.2 Å². The van der Waals surface area contributed by atoms with Gasteiger partial charge in [0.2, 0.25) is 0 Å². The lowest BCUT2D eigenvalue weighted by molar-refractivity contribution is 0.342. The van der Waals surface area contributed by atoms with Crippen molar-refractivity contribution >= 4 is 20.2 Å². The Bertz CT molecular complexity index is 280. The fourth-order valence-corrected chi connectivity index (χ4v) is 1.42. The Labute approximate surface area is 85.1 Å². The summed E-state index contributed by atoms with van der Waals surface area (Å²) >= 11 is 0. The molecule has 0 aliphatic carbocycles. The maximum absolute atomic E-state index is 10.0. The predicted molar refractivity (Wildman–Crippen MR) is 53.2 cm³/mol. The van der Waals surface area contributed by atoms with E-state index in [2.05, 4.69) is 4.18 Å². The Morgan fingerprint density at radius 1 is 1.14 bits per heavy atom. The van der Waals surface area contributed by atoms with Gasteiger partial charge >= 0.3 is 0 Å². The van der Waals surface area contributed by atoms with Gasteiger partial charge in [0.1, 0.15) is 0 Å². The molecule has 0 amide bonds. The lowest BCUT2D eigenvalue weighted by Crippen LogP contribution is -2.01. The number of hydrogen-bond acceptors (Lipinski definition) is 5. The molecule has 0 saturated heterocycles. The zero-order chi connectivity index (χ0) is 11.8. The first-order chi connectivity index (χ1) is 6.12. The Kier molecular flexibility index (Phi) is 8.31. The number of rotatable bonds is 4. The van der Waals surface area contributed by atoms with Gasteiger partial charge in [0.15, 0.2) is 0 Å². The Balaban J connectivity index is 0. The molecule has 88 valence electrons. The SMILES string of the molecule is CCCS(=O)(=O)O.CCOS(C)(=O)=O. The van der Waals surface area contributed by atoms with Gasteiger partial charge in [-0.25, -0.2) is 0 Å². The van der Waals surface area contributed by atoms with Gasteiger partial charge in [0, 0.05) is 0 Å². The van der Waals surface area contributed by atoms with Crippen molar-refractivity contribution in [1.29, 1.82) is 0 Å². The second-order valence-electron chi connectivity index (χ2n) is 2.40. The van der Waals surface area contributed by atoms with E-state index in [1.807, 2.05) is 0 Å². The van der Waals surface area contributed by atoms with Crippen molar-refractivity contribution in [2.75, 3.05) is 18.6 Å². The smallest absolute Gasteiger partial charge is 0.264 e. The summed E-state index contributed by atoms with van der Waals surface area (Å²) in [6, 6.07) is 0. The summed E-state index contributed by atoms with van der Waals surface area (Å²) in [6.45, 7) is 3.54. The van der Waals surface area contributed by atoms with Crippen LogP contribution in [0.2, 0.25) is 0 Å². The van der Waals surface area contributed by atoms with Crippen molar-refractivity contribution in [3.8, 4) is 0 Å². The van der Waals surface area contributed by atoms with Crippen molar-refractivity contribution in [3.63, 3.8) is 0 Å². The molecule has 0 saturated carbocycles. The molecule has 0 bridgehead atoms. The van der Waals surface area contributed by atoms with E-state index in [4.69, 9.17) is 4.55 Å². The van der Waals surface area contributed by atoms with Gasteiger partial charge in [-0.3, -0.25) is 8.74 Å². The largest absolute Gasteiger partial charge is 0.286 e. The lowest BCUT2D eigenvalue weighted by Gasteiger charge is -1.90. The third kappa shape index (κ3) is 22.6. The lowest BCUT2D eigenvalue weighted by atomic mass is 10.6. The number of hydrogen-bond donors (Lipinski definition) is 1. The van der Waals surface area contributed by atoms with Gasteiger partial charge in [-0.15, -0.1) is 0 Å². The second-order valence-corrected chi connectivity index (χ2v) is 5.61. The highest BCUT2D eigenvalue weighted by atomic mass is 32.2. The van der Waals surface area contributed by atoms with E-state index in [1.54, 1.807) is 13.8 Å². The highest BCUT2D eigenvalue weighted by Gasteiger charge is 1.98. The minimum Gasteiger partial charge on any atom is -0.286 e. The molecular weight excluding hydrogens is 232 g/mol. The van der Waals surface area contributed by atoms with Crippen LogP contribution in [0.3, 0.4) is 0 Å². The van der Waals surface area contributed by atoms with Crippen LogP contribution < -0.4 is 0 Å². The van der Waals surface area contributed by atoms with Gasteiger partial charge in [-0.2, -0.15) is 16.8 Å². The zero-order valence-electron chi connectivity index (χ0n) is 8.43. The molecule has 0 atom stereocenters. The Morgan fingerprint density at radius 2 is 1.57 bits per heavy atom. The molecule has 6 nitrogen and oxygen atoms in total. The summed E-state index contributed by atoms with van der Waals surface area (Å²) in [6.07, 6.45) is 1.50. The molecule has 1 N–H and O–H groups in total. The van der Waals surface area contributed by atoms with Crippen LogP contribution in [-0.2, 0) is 24.4 Å². The topological polar surface area (TPSA) is 97.7 Å². The molecule has 0 aromatic rings. The van der Waals surface area contributed by atoms with E-state index in [9.17, 15) is 16.8 Å². The van der Waals surface area contributed by atoms with Crippen LogP contribution in [0.4, 0.5) is 0 Å². The van der Waals surface area contributed by atoms with Gasteiger partial charge in [-0.05, 0) is 13.3 Å². The third-order valence-electron chi connectivity index (χ3n) is 0.794. The quantitative estimate of drug-likeness (QED) is 0.566. The molecule has 0 fully saturated rings. The second kappa shape index (κ2) is 7.16. The maximum atomic E-state index is 10.0. The first-order valence-corrected chi connectivity index (χ1v) is 7.34. The van der Waals surface area contributed by atoms with Gasteiger partial charge in [-0.1, -0.05) is 6.92 Å². The van der Waals surface area contributed by atoms with Crippen LogP contribution in [0.5, 0.6) is 0 Å². The maximum Gasteiger partial charge on any atom is 0.264 e. The average Bonchev–Trinajstić information content (AvgIpc) is 1.81. The van der Waals surface area contributed by atoms with E-state index in [0.717, 1.165) is 6.26 Å². The summed E-state index contributed by atoms with van der Waals surface area (Å²) in [5.41, 5.74) is 0. The molecule has 0 aliphatic heterocycles. The van der Waals surface area contributed by atoms with Crippen molar-refractivity contribution in [2.24, 2.45) is 0 Å². The molecule has 0 aromatic heterocycles. The molecule has 0 aliphatic rings. The van der Waals surface area contributed by atoms with E-state index in [-0.39, 0.29) is 12.4 Å². The van der Waals surface area contributed by atoms with E-state index in [1.165, 1.54) is 0 Å². The van der Waals surface area contributed by atoms with Crippen LogP contribution in [0.1, 0.15) is 20.3 Å². The van der Waals surface area contributed by atoms with Crippen LogP contribution >= 0.6 is 0 Å². The normalized spacial score (nSPS) is 11.7. The van der Waals surface area contributed by atoms with Crippen LogP contribution in [0.25, 0.3) is 0 Å². The standard InChI is InChI=1S/2C3H8O3S/c1-3-6-7(2,4)5;1-2-3-7(4,5)6/h3H2,1-2H3;2-3H2,1H3,(H,4,5,6). The molecule has 0 spiro atoms. The van der Waals surface area contributed by atoms with Gasteiger partial charge in [0.05, 0.1) is 18.6 Å². The Hall–Kier alpha value is -0.180. The highest BCUT2D eigenvalue weighted by molar-refractivity contribution is 7.86. The van der Waals surface area contributed by atoms with Crippen LogP contribution in [0, 0.1) is 0 Å². The van der Waals surface area contributed by atoms with E-state index >= 15 is 0 Å². The first kappa shape index (κ1) is 16.3. The summed E-state index contributed by atoms with van der Waals surface area (Å²) in [4.78, 5) is 0. The molecule has 0 unspecified atom stereocenters. The molecule has 0 rings (SSSR count). The van der Waals surface area contributed by atoms with Gasteiger partial charge < -0.3 is 0 Å². The van der Waals surface area contributed by atoms with Crippen molar-refractivity contribution in [3.05, 3.63) is 0 Å². The average molecular weight is 248 g/mol. The van der Waals surface area contributed by atoms with E-state index in [0.29, 0.717) is 6.42 Å².